The van der Waals surface area contributed by atoms with E-state index in [2.05, 4.69) is 31.0 Å². The molecule has 1 atom stereocenters. The summed E-state index contributed by atoms with van der Waals surface area (Å²) in [6, 6.07) is 0. The van der Waals surface area contributed by atoms with Crippen LogP contribution in [0.5, 0.6) is 0 Å². The Morgan fingerprint density at radius 2 is 1.50 bits per heavy atom. The molecule has 0 aromatic carbocycles. The molecule has 0 saturated carbocycles. The highest BCUT2D eigenvalue weighted by atomic mass is 35.5. The molecule has 1 unspecified atom stereocenters. The highest BCUT2D eigenvalue weighted by Gasteiger charge is 2.31. The molecule has 1 aromatic heterocycles. The lowest BCUT2D eigenvalue weighted by atomic mass is 9.79. The van der Waals surface area contributed by atoms with Gasteiger partial charge in [-0.2, -0.15) is 0 Å². The summed E-state index contributed by atoms with van der Waals surface area (Å²) in [5.74, 6) is 1.05. The van der Waals surface area contributed by atoms with Crippen molar-refractivity contribution in [1.29, 1.82) is 0 Å². The highest BCUT2D eigenvalue weighted by molar-refractivity contribution is 6.28. The highest BCUT2D eigenvalue weighted by Crippen LogP contribution is 2.34. The second-order valence-corrected chi connectivity index (χ2v) is 6.52. The third kappa shape index (κ3) is 4.76. The van der Waals surface area contributed by atoms with Gasteiger partial charge in [0.2, 0.25) is 5.28 Å². The molecule has 116 valence electrons. The largest absolute Gasteiger partial charge is 0.304 e. The van der Waals surface area contributed by atoms with Crippen molar-refractivity contribution in [1.82, 2.24) is 14.8 Å². The van der Waals surface area contributed by atoms with Crippen LogP contribution in [0.4, 0.5) is 0 Å². The molecule has 0 amide bonds. The normalized spacial score (nSPS) is 14.4. The SMILES string of the molecule is CCCCCCC(C)(CCCCC)c1nnc(Cl)n1C. The maximum absolute atomic E-state index is 6.07. The molecular formula is C16H30ClN3. The maximum atomic E-state index is 6.07. The molecule has 1 rings (SSSR count). The predicted octanol–water partition coefficient (Wildman–Crippen LogP) is 5.28. The molecular weight excluding hydrogens is 270 g/mol. The van der Waals surface area contributed by atoms with E-state index >= 15 is 0 Å². The number of nitrogens with zero attached hydrogens (tertiary/aromatic N) is 3. The molecule has 4 heteroatoms. The Kier molecular flexibility index (Phi) is 7.57. The lowest BCUT2D eigenvalue weighted by Crippen LogP contribution is -2.26. The van der Waals surface area contributed by atoms with Gasteiger partial charge in [-0.15, -0.1) is 10.2 Å². The minimum atomic E-state index is 0.109. The van der Waals surface area contributed by atoms with Crippen LogP contribution in [0.3, 0.4) is 0 Å². The maximum Gasteiger partial charge on any atom is 0.224 e. The van der Waals surface area contributed by atoms with Crippen molar-refractivity contribution in [2.24, 2.45) is 7.05 Å². The van der Waals surface area contributed by atoms with Gasteiger partial charge in [-0.05, 0) is 24.4 Å². The topological polar surface area (TPSA) is 30.7 Å². The van der Waals surface area contributed by atoms with E-state index in [9.17, 15) is 0 Å². The lowest BCUT2D eigenvalue weighted by molar-refractivity contribution is 0.338. The first-order valence-corrected chi connectivity index (χ1v) is 8.48. The Hall–Kier alpha value is -0.570. The Morgan fingerprint density at radius 1 is 0.950 bits per heavy atom. The van der Waals surface area contributed by atoms with Crippen LogP contribution in [0.1, 0.15) is 84.4 Å². The molecule has 0 spiro atoms. The van der Waals surface area contributed by atoms with Gasteiger partial charge in [0, 0.05) is 12.5 Å². The Morgan fingerprint density at radius 3 is 2.00 bits per heavy atom. The van der Waals surface area contributed by atoms with Crippen molar-refractivity contribution in [3.63, 3.8) is 0 Å². The number of unbranched alkanes of at least 4 members (excludes halogenated alkanes) is 5. The van der Waals surface area contributed by atoms with E-state index in [1.54, 1.807) is 0 Å². The zero-order chi connectivity index (χ0) is 15.0. The molecule has 1 aromatic rings. The van der Waals surface area contributed by atoms with Gasteiger partial charge in [0.05, 0.1) is 0 Å². The third-order valence-electron chi connectivity index (χ3n) is 4.28. The predicted molar refractivity (Wildman–Crippen MR) is 86.3 cm³/mol. The number of rotatable bonds is 10. The van der Waals surface area contributed by atoms with Gasteiger partial charge in [0.25, 0.3) is 0 Å². The monoisotopic (exact) mass is 299 g/mol. The zero-order valence-corrected chi connectivity index (χ0v) is 14.3. The Bertz CT molecular complexity index is 389. The fraction of sp³-hybridized carbons (Fsp3) is 0.875. The molecule has 20 heavy (non-hydrogen) atoms. The number of hydrogen-bond donors (Lipinski definition) is 0. The van der Waals surface area contributed by atoms with Crippen LogP contribution >= 0.6 is 11.6 Å². The van der Waals surface area contributed by atoms with E-state index in [1.807, 2.05) is 11.6 Å². The summed E-state index contributed by atoms with van der Waals surface area (Å²) in [6.07, 6.45) is 11.3. The zero-order valence-electron chi connectivity index (χ0n) is 13.6. The quantitative estimate of drug-likeness (QED) is 0.550. The molecule has 3 nitrogen and oxygen atoms in total. The molecule has 0 saturated heterocycles. The van der Waals surface area contributed by atoms with Gasteiger partial charge in [-0.1, -0.05) is 65.7 Å². The van der Waals surface area contributed by atoms with Gasteiger partial charge < -0.3 is 4.57 Å². The number of aromatic nitrogens is 3. The van der Waals surface area contributed by atoms with Gasteiger partial charge >= 0.3 is 0 Å². The summed E-state index contributed by atoms with van der Waals surface area (Å²) < 4.78 is 1.95. The van der Waals surface area contributed by atoms with Crippen LogP contribution in [0.2, 0.25) is 5.28 Å². The summed E-state index contributed by atoms with van der Waals surface area (Å²) >= 11 is 6.07. The molecule has 0 radical (unpaired) electrons. The summed E-state index contributed by atoms with van der Waals surface area (Å²) in [5.41, 5.74) is 0.109. The first-order valence-electron chi connectivity index (χ1n) is 8.10. The van der Waals surface area contributed by atoms with Gasteiger partial charge in [-0.3, -0.25) is 0 Å². The first kappa shape index (κ1) is 17.5. The Labute approximate surface area is 129 Å². The van der Waals surface area contributed by atoms with Crippen molar-refractivity contribution < 1.29 is 0 Å². The second kappa shape index (κ2) is 8.66. The van der Waals surface area contributed by atoms with Crippen LogP contribution < -0.4 is 0 Å². The molecule has 1 heterocycles. The first-order chi connectivity index (χ1) is 9.55. The van der Waals surface area contributed by atoms with E-state index in [0.717, 1.165) is 5.82 Å². The minimum absolute atomic E-state index is 0.109. The summed E-state index contributed by atoms with van der Waals surface area (Å²) in [6.45, 7) is 6.83. The van der Waals surface area contributed by atoms with Crippen LogP contribution in [0.15, 0.2) is 0 Å². The summed E-state index contributed by atoms with van der Waals surface area (Å²) in [4.78, 5) is 0. The third-order valence-corrected chi connectivity index (χ3v) is 4.60. The van der Waals surface area contributed by atoms with Crippen molar-refractivity contribution >= 4 is 11.6 Å². The molecule has 0 aliphatic carbocycles. The van der Waals surface area contributed by atoms with Crippen molar-refractivity contribution in [2.45, 2.75) is 84.0 Å². The second-order valence-electron chi connectivity index (χ2n) is 6.18. The standard InChI is InChI=1S/C16H30ClN3/c1-5-7-9-11-13-16(3,12-10-8-6-2)14-18-19-15(17)20(14)4/h5-13H2,1-4H3. The fourth-order valence-corrected chi connectivity index (χ4v) is 3.01. The fourth-order valence-electron chi connectivity index (χ4n) is 2.89. The van der Waals surface area contributed by atoms with E-state index in [1.165, 1.54) is 57.8 Å². The van der Waals surface area contributed by atoms with Crippen LogP contribution in [0, 0.1) is 0 Å². The van der Waals surface area contributed by atoms with E-state index in [-0.39, 0.29) is 5.41 Å². The average Bonchev–Trinajstić information content (AvgIpc) is 2.76. The summed E-state index contributed by atoms with van der Waals surface area (Å²) in [7, 11) is 1.97. The molecule has 0 aliphatic rings. The Balaban J connectivity index is 2.74. The van der Waals surface area contributed by atoms with Gasteiger partial charge in [-0.25, -0.2) is 0 Å². The molecule has 0 aliphatic heterocycles. The molecule has 0 bridgehead atoms. The average molecular weight is 300 g/mol. The van der Waals surface area contributed by atoms with E-state index < -0.39 is 0 Å². The van der Waals surface area contributed by atoms with Crippen LogP contribution in [-0.4, -0.2) is 14.8 Å². The lowest BCUT2D eigenvalue weighted by Gasteiger charge is -2.28. The minimum Gasteiger partial charge on any atom is -0.304 e. The van der Waals surface area contributed by atoms with Crippen LogP contribution in [-0.2, 0) is 12.5 Å². The summed E-state index contributed by atoms with van der Waals surface area (Å²) in [5, 5.41) is 8.87. The molecule has 0 N–H and O–H groups in total. The van der Waals surface area contributed by atoms with E-state index in [4.69, 9.17) is 11.6 Å². The van der Waals surface area contributed by atoms with Gasteiger partial charge in [0.1, 0.15) is 5.82 Å². The molecule has 0 fully saturated rings. The smallest absolute Gasteiger partial charge is 0.224 e. The van der Waals surface area contributed by atoms with Crippen molar-refractivity contribution in [3.8, 4) is 0 Å². The van der Waals surface area contributed by atoms with Gasteiger partial charge in [0.15, 0.2) is 0 Å². The number of halogens is 1. The van der Waals surface area contributed by atoms with E-state index in [0.29, 0.717) is 5.28 Å². The van der Waals surface area contributed by atoms with Crippen LogP contribution in [0.25, 0.3) is 0 Å². The van der Waals surface area contributed by atoms with Crippen molar-refractivity contribution in [2.75, 3.05) is 0 Å². The van der Waals surface area contributed by atoms with Crippen molar-refractivity contribution in [3.05, 3.63) is 11.1 Å². The number of hydrogen-bond acceptors (Lipinski definition) is 2.